The fraction of sp³-hybridized carbons (Fsp3) is 0.909. The summed E-state index contributed by atoms with van der Waals surface area (Å²) in [4.78, 5) is 0. The number of rotatable bonds is 10. The van der Waals surface area contributed by atoms with Gasteiger partial charge in [0.15, 0.2) is 0 Å². The van der Waals surface area contributed by atoms with E-state index < -0.39 is 0 Å². The number of unbranched alkanes of at least 4 members (excludes halogenated alkanes) is 5. The Morgan fingerprint density at radius 2 is 1.46 bits per heavy atom. The summed E-state index contributed by atoms with van der Waals surface area (Å²) < 4.78 is 5.38. The predicted octanol–water partition coefficient (Wildman–Crippen LogP) is 3.81. The van der Waals surface area contributed by atoms with Gasteiger partial charge in [-0.3, -0.25) is 0 Å². The highest BCUT2D eigenvalue weighted by molar-refractivity contribution is 6.17. The molecule has 1 radical (unpaired) electrons. The van der Waals surface area contributed by atoms with Gasteiger partial charge in [0.05, 0.1) is 0 Å². The van der Waals surface area contributed by atoms with Crippen LogP contribution in [0, 0.1) is 6.92 Å². The smallest absolute Gasteiger partial charge is 0.0477 e. The van der Waals surface area contributed by atoms with Gasteiger partial charge in [-0.15, -0.1) is 11.6 Å². The highest BCUT2D eigenvalue weighted by Crippen LogP contribution is 2.04. The molecular weight excluding hydrogens is 184 g/mol. The highest BCUT2D eigenvalue weighted by Gasteiger charge is 1.90. The Bertz CT molecular complexity index is 76.2. The van der Waals surface area contributed by atoms with Crippen LogP contribution in [-0.4, -0.2) is 19.1 Å². The van der Waals surface area contributed by atoms with Crippen molar-refractivity contribution in [2.24, 2.45) is 0 Å². The van der Waals surface area contributed by atoms with Crippen LogP contribution in [-0.2, 0) is 4.74 Å². The summed E-state index contributed by atoms with van der Waals surface area (Å²) in [5, 5.41) is 0. The summed E-state index contributed by atoms with van der Waals surface area (Å²) >= 11 is 5.51. The summed E-state index contributed by atoms with van der Waals surface area (Å²) in [6.45, 7) is 5.54. The van der Waals surface area contributed by atoms with Gasteiger partial charge >= 0.3 is 0 Å². The van der Waals surface area contributed by atoms with E-state index in [4.69, 9.17) is 16.3 Å². The minimum absolute atomic E-state index is 0.712. The van der Waals surface area contributed by atoms with Gasteiger partial charge in [-0.05, 0) is 12.8 Å². The molecule has 0 aliphatic heterocycles. The molecule has 0 aliphatic carbocycles. The van der Waals surface area contributed by atoms with Crippen molar-refractivity contribution in [3.05, 3.63) is 6.92 Å². The molecule has 13 heavy (non-hydrogen) atoms. The Hall–Kier alpha value is 0.250. The molecule has 0 aromatic carbocycles. The Morgan fingerprint density at radius 1 is 0.846 bits per heavy atom. The van der Waals surface area contributed by atoms with E-state index in [2.05, 4.69) is 6.92 Å². The molecule has 0 aromatic heterocycles. The first kappa shape index (κ1) is 13.2. The van der Waals surface area contributed by atoms with Gasteiger partial charge < -0.3 is 4.74 Å². The lowest BCUT2D eigenvalue weighted by Gasteiger charge is -2.02. The minimum atomic E-state index is 0.712. The molecule has 0 unspecified atom stereocenters. The van der Waals surface area contributed by atoms with Crippen molar-refractivity contribution < 1.29 is 4.74 Å². The van der Waals surface area contributed by atoms with Crippen molar-refractivity contribution in [2.75, 3.05) is 19.1 Å². The monoisotopic (exact) mass is 205 g/mol. The van der Waals surface area contributed by atoms with Crippen molar-refractivity contribution in [1.82, 2.24) is 0 Å². The summed E-state index contributed by atoms with van der Waals surface area (Å²) in [5.74, 6) is 0.712. The lowest BCUT2D eigenvalue weighted by atomic mass is 10.1. The van der Waals surface area contributed by atoms with Crippen molar-refractivity contribution in [3.63, 3.8) is 0 Å². The average molecular weight is 206 g/mol. The average Bonchev–Trinajstić information content (AvgIpc) is 2.16. The van der Waals surface area contributed by atoms with E-state index in [1.807, 2.05) is 0 Å². The SMILES string of the molecule is [CH2]CCCCCCCOCCCCl. The molecule has 0 atom stereocenters. The molecule has 0 bridgehead atoms. The van der Waals surface area contributed by atoms with Crippen LogP contribution in [0.2, 0.25) is 0 Å². The second kappa shape index (κ2) is 12.2. The molecule has 0 N–H and O–H groups in total. The largest absolute Gasteiger partial charge is 0.381 e. The standard InChI is InChI=1S/C11H22ClO/c1-2-3-4-5-6-7-10-13-11-8-9-12/h1-11H2. The predicted molar refractivity (Wildman–Crippen MR) is 59.2 cm³/mol. The Balaban J connectivity index is 2.76. The van der Waals surface area contributed by atoms with Crippen LogP contribution in [0.25, 0.3) is 0 Å². The van der Waals surface area contributed by atoms with E-state index >= 15 is 0 Å². The first-order valence-electron chi connectivity index (χ1n) is 5.34. The summed E-state index contributed by atoms with van der Waals surface area (Å²) in [6.07, 6.45) is 8.46. The molecule has 0 fully saturated rings. The Kier molecular flexibility index (Phi) is 12.5. The van der Waals surface area contributed by atoms with Gasteiger partial charge in [0.2, 0.25) is 0 Å². The fourth-order valence-electron chi connectivity index (χ4n) is 1.17. The lowest BCUT2D eigenvalue weighted by molar-refractivity contribution is 0.131. The van der Waals surface area contributed by atoms with Crippen LogP contribution in [0.15, 0.2) is 0 Å². The third-order valence-electron chi connectivity index (χ3n) is 1.96. The van der Waals surface area contributed by atoms with Crippen LogP contribution < -0.4 is 0 Å². The molecule has 0 heterocycles. The summed E-state index contributed by atoms with van der Waals surface area (Å²) in [5.41, 5.74) is 0. The molecule has 0 amide bonds. The van der Waals surface area contributed by atoms with E-state index in [1.165, 1.54) is 32.1 Å². The molecule has 0 aliphatic rings. The van der Waals surface area contributed by atoms with Gasteiger partial charge in [0.1, 0.15) is 0 Å². The molecule has 0 saturated heterocycles. The zero-order chi connectivity index (χ0) is 9.78. The van der Waals surface area contributed by atoms with Crippen LogP contribution in [0.3, 0.4) is 0 Å². The second-order valence-electron chi connectivity index (χ2n) is 3.28. The van der Waals surface area contributed by atoms with Gasteiger partial charge in [-0.2, -0.15) is 0 Å². The third kappa shape index (κ3) is 12.2. The number of hydrogen-bond acceptors (Lipinski definition) is 1. The van der Waals surface area contributed by atoms with E-state index in [-0.39, 0.29) is 0 Å². The van der Waals surface area contributed by atoms with E-state index in [9.17, 15) is 0 Å². The maximum atomic E-state index is 5.51. The molecule has 0 spiro atoms. The zero-order valence-electron chi connectivity index (χ0n) is 8.56. The topological polar surface area (TPSA) is 9.23 Å². The van der Waals surface area contributed by atoms with Crippen molar-refractivity contribution in [3.8, 4) is 0 Å². The molecule has 0 saturated carbocycles. The van der Waals surface area contributed by atoms with Crippen LogP contribution in [0.4, 0.5) is 0 Å². The van der Waals surface area contributed by atoms with Gasteiger partial charge in [-0.25, -0.2) is 0 Å². The normalized spacial score (nSPS) is 10.6. The maximum Gasteiger partial charge on any atom is 0.0477 e. The van der Waals surface area contributed by atoms with Crippen molar-refractivity contribution in [1.29, 1.82) is 0 Å². The van der Waals surface area contributed by atoms with Gasteiger partial charge in [0, 0.05) is 19.1 Å². The summed E-state index contributed by atoms with van der Waals surface area (Å²) in [7, 11) is 0. The van der Waals surface area contributed by atoms with Gasteiger partial charge in [0.25, 0.3) is 0 Å². The maximum absolute atomic E-state index is 5.51. The third-order valence-corrected chi connectivity index (χ3v) is 2.23. The first-order valence-corrected chi connectivity index (χ1v) is 5.88. The lowest BCUT2D eigenvalue weighted by Crippen LogP contribution is -1.97. The highest BCUT2D eigenvalue weighted by atomic mass is 35.5. The summed E-state index contributed by atoms with van der Waals surface area (Å²) in [6, 6.07) is 0. The van der Waals surface area contributed by atoms with Crippen LogP contribution in [0.1, 0.15) is 44.9 Å². The van der Waals surface area contributed by atoms with Gasteiger partial charge in [-0.1, -0.05) is 39.0 Å². The van der Waals surface area contributed by atoms with E-state index in [0.717, 1.165) is 26.1 Å². The van der Waals surface area contributed by atoms with E-state index in [0.29, 0.717) is 5.88 Å². The molecule has 1 nitrogen and oxygen atoms in total. The fourth-order valence-corrected chi connectivity index (χ4v) is 1.28. The number of ether oxygens (including phenoxy) is 1. The number of hydrogen-bond donors (Lipinski definition) is 0. The van der Waals surface area contributed by atoms with Crippen LogP contribution >= 0.6 is 11.6 Å². The van der Waals surface area contributed by atoms with E-state index in [1.54, 1.807) is 0 Å². The quantitative estimate of drug-likeness (QED) is 0.389. The molecule has 2 heteroatoms. The van der Waals surface area contributed by atoms with Crippen molar-refractivity contribution >= 4 is 11.6 Å². The zero-order valence-corrected chi connectivity index (χ0v) is 9.32. The molecule has 79 valence electrons. The Morgan fingerprint density at radius 3 is 2.15 bits per heavy atom. The number of halogens is 1. The number of alkyl halides is 1. The minimum Gasteiger partial charge on any atom is -0.381 e. The molecule has 0 aromatic rings. The second-order valence-corrected chi connectivity index (χ2v) is 3.65. The molecular formula is C11H22ClO. The first-order chi connectivity index (χ1) is 6.41. The Labute approximate surface area is 87.8 Å². The van der Waals surface area contributed by atoms with Crippen LogP contribution in [0.5, 0.6) is 0 Å². The van der Waals surface area contributed by atoms with Crippen molar-refractivity contribution in [2.45, 2.75) is 44.9 Å². The molecule has 0 rings (SSSR count).